The molecule has 0 saturated carbocycles. The molecule has 20 heavy (non-hydrogen) atoms. The molecule has 0 radical (unpaired) electrons. The maximum Gasteiger partial charge on any atom is 0.146 e. The van der Waals surface area contributed by atoms with Crippen molar-refractivity contribution in [1.82, 2.24) is 4.98 Å². The molecule has 1 heterocycles. The Labute approximate surface area is 117 Å². The molecule has 3 aromatic rings. The van der Waals surface area contributed by atoms with Gasteiger partial charge >= 0.3 is 0 Å². The summed E-state index contributed by atoms with van der Waals surface area (Å²) in [6, 6.07) is 15.5. The van der Waals surface area contributed by atoms with E-state index in [0.29, 0.717) is 5.75 Å². The van der Waals surface area contributed by atoms with Crippen LogP contribution in [-0.4, -0.2) is 10.1 Å². The number of para-hydroxylation sites is 1. The Balaban J connectivity index is 1.90. The van der Waals surface area contributed by atoms with E-state index in [1.54, 1.807) is 6.20 Å². The lowest BCUT2D eigenvalue weighted by Gasteiger charge is -2.09. The summed E-state index contributed by atoms with van der Waals surface area (Å²) in [6.45, 7) is 2.00. The van der Waals surface area contributed by atoms with Gasteiger partial charge in [0.15, 0.2) is 0 Å². The van der Waals surface area contributed by atoms with Gasteiger partial charge < -0.3 is 9.84 Å². The van der Waals surface area contributed by atoms with Crippen LogP contribution in [0.4, 0.5) is 0 Å². The number of fused-ring (bicyclic) bond motifs is 1. The lowest BCUT2D eigenvalue weighted by atomic mass is 10.1. The van der Waals surface area contributed by atoms with Crippen LogP contribution in [-0.2, 0) is 6.61 Å². The second kappa shape index (κ2) is 5.31. The van der Waals surface area contributed by atoms with Crippen molar-refractivity contribution in [3.05, 3.63) is 65.9 Å². The Morgan fingerprint density at radius 1 is 1.05 bits per heavy atom. The van der Waals surface area contributed by atoms with Crippen molar-refractivity contribution in [2.45, 2.75) is 13.5 Å². The highest BCUT2D eigenvalue weighted by molar-refractivity contribution is 5.79. The van der Waals surface area contributed by atoms with Gasteiger partial charge in [-0.25, -0.2) is 0 Å². The zero-order chi connectivity index (χ0) is 13.9. The summed E-state index contributed by atoms with van der Waals surface area (Å²) >= 11 is 0. The zero-order valence-corrected chi connectivity index (χ0v) is 11.2. The van der Waals surface area contributed by atoms with Gasteiger partial charge in [0, 0.05) is 5.39 Å². The number of aliphatic hydroxyl groups is 1. The van der Waals surface area contributed by atoms with Crippen LogP contribution >= 0.6 is 0 Å². The summed E-state index contributed by atoms with van der Waals surface area (Å²) in [5.41, 5.74) is 2.87. The third-order valence-corrected chi connectivity index (χ3v) is 3.29. The molecule has 0 aliphatic heterocycles. The smallest absolute Gasteiger partial charge is 0.146 e. The van der Waals surface area contributed by atoms with Crippen LogP contribution in [0.15, 0.2) is 54.7 Å². The van der Waals surface area contributed by atoms with Crippen molar-refractivity contribution in [2.75, 3.05) is 0 Å². The average Bonchev–Trinajstić information content (AvgIpc) is 2.47. The summed E-state index contributed by atoms with van der Waals surface area (Å²) in [5, 5.41) is 10.2. The van der Waals surface area contributed by atoms with Gasteiger partial charge in [-0.2, -0.15) is 0 Å². The number of benzene rings is 2. The third-order valence-electron chi connectivity index (χ3n) is 3.29. The number of aromatic nitrogens is 1. The molecule has 0 atom stereocenters. The largest absolute Gasteiger partial charge is 0.456 e. The molecule has 0 aliphatic rings. The predicted molar refractivity (Wildman–Crippen MR) is 78.9 cm³/mol. The van der Waals surface area contributed by atoms with Crippen LogP contribution < -0.4 is 4.74 Å². The lowest BCUT2D eigenvalue weighted by Crippen LogP contribution is -1.91. The van der Waals surface area contributed by atoms with Gasteiger partial charge in [0.2, 0.25) is 0 Å². The third kappa shape index (κ3) is 2.49. The standard InChI is InChI=1S/C17H15NO2/c1-12-8-15(7-6-14(12)11-19)20-16-9-13-4-2-3-5-17(13)18-10-16/h2-10,19H,11H2,1H3. The van der Waals surface area contributed by atoms with E-state index in [4.69, 9.17) is 9.84 Å². The van der Waals surface area contributed by atoms with Crippen molar-refractivity contribution in [1.29, 1.82) is 0 Å². The SMILES string of the molecule is Cc1cc(Oc2cnc3ccccc3c2)ccc1CO. The Hall–Kier alpha value is -2.39. The van der Waals surface area contributed by atoms with Crippen LogP contribution in [0.1, 0.15) is 11.1 Å². The fraction of sp³-hybridized carbons (Fsp3) is 0.118. The molecule has 0 amide bonds. The lowest BCUT2D eigenvalue weighted by molar-refractivity contribution is 0.281. The topological polar surface area (TPSA) is 42.4 Å². The summed E-state index contributed by atoms with van der Waals surface area (Å²) in [7, 11) is 0. The first-order valence-electron chi connectivity index (χ1n) is 6.49. The molecule has 3 rings (SSSR count). The second-order valence-corrected chi connectivity index (χ2v) is 4.71. The predicted octanol–water partition coefficient (Wildman–Crippen LogP) is 3.83. The molecule has 1 aromatic heterocycles. The van der Waals surface area contributed by atoms with Crippen molar-refractivity contribution in [2.24, 2.45) is 0 Å². The molecule has 0 bridgehead atoms. The Morgan fingerprint density at radius 2 is 1.90 bits per heavy atom. The van der Waals surface area contributed by atoms with E-state index in [2.05, 4.69) is 4.98 Å². The molecule has 100 valence electrons. The van der Waals surface area contributed by atoms with E-state index >= 15 is 0 Å². The molecule has 3 nitrogen and oxygen atoms in total. The molecule has 1 N–H and O–H groups in total. The first-order chi connectivity index (χ1) is 9.76. The summed E-state index contributed by atoms with van der Waals surface area (Å²) in [6.07, 6.45) is 1.72. The minimum atomic E-state index is 0.0453. The molecule has 2 aromatic carbocycles. The first-order valence-corrected chi connectivity index (χ1v) is 6.49. The number of aryl methyl sites for hydroxylation is 1. The average molecular weight is 265 g/mol. The number of aliphatic hydroxyl groups excluding tert-OH is 1. The van der Waals surface area contributed by atoms with Gasteiger partial charge in [-0.3, -0.25) is 4.98 Å². The number of hydrogen-bond donors (Lipinski definition) is 1. The first kappa shape index (κ1) is 12.6. The van der Waals surface area contributed by atoms with Crippen LogP contribution in [0.5, 0.6) is 11.5 Å². The maximum atomic E-state index is 9.17. The van der Waals surface area contributed by atoms with E-state index < -0.39 is 0 Å². The second-order valence-electron chi connectivity index (χ2n) is 4.71. The molecular weight excluding hydrogens is 250 g/mol. The number of rotatable bonds is 3. The highest BCUT2D eigenvalue weighted by Crippen LogP contribution is 2.25. The minimum Gasteiger partial charge on any atom is -0.456 e. The van der Waals surface area contributed by atoms with E-state index in [-0.39, 0.29) is 6.61 Å². The molecule has 0 spiro atoms. The number of nitrogens with zero attached hydrogens (tertiary/aromatic N) is 1. The van der Waals surface area contributed by atoms with Crippen molar-refractivity contribution in [3.8, 4) is 11.5 Å². The molecular formula is C17H15NO2. The zero-order valence-electron chi connectivity index (χ0n) is 11.2. The van der Waals surface area contributed by atoms with Gasteiger partial charge in [-0.1, -0.05) is 24.3 Å². The normalized spacial score (nSPS) is 10.7. The van der Waals surface area contributed by atoms with E-state index in [1.807, 2.05) is 55.5 Å². The number of pyridine rings is 1. The highest BCUT2D eigenvalue weighted by Gasteiger charge is 2.03. The maximum absolute atomic E-state index is 9.17. The summed E-state index contributed by atoms with van der Waals surface area (Å²) in [4.78, 5) is 4.37. The molecule has 0 aliphatic carbocycles. The molecule has 0 unspecified atom stereocenters. The quantitative estimate of drug-likeness (QED) is 0.782. The number of ether oxygens (including phenoxy) is 1. The van der Waals surface area contributed by atoms with Gasteiger partial charge in [0.05, 0.1) is 18.3 Å². The van der Waals surface area contributed by atoms with Crippen molar-refractivity contribution >= 4 is 10.9 Å². The molecule has 3 heteroatoms. The molecule has 0 saturated heterocycles. The fourth-order valence-electron chi connectivity index (χ4n) is 2.15. The highest BCUT2D eigenvalue weighted by atomic mass is 16.5. The summed E-state index contributed by atoms with van der Waals surface area (Å²) < 4.78 is 5.82. The van der Waals surface area contributed by atoms with E-state index in [9.17, 15) is 0 Å². The van der Waals surface area contributed by atoms with Crippen LogP contribution in [0, 0.1) is 6.92 Å². The van der Waals surface area contributed by atoms with Crippen LogP contribution in [0.2, 0.25) is 0 Å². The van der Waals surface area contributed by atoms with Gasteiger partial charge in [0.25, 0.3) is 0 Å². The fourth-order valence-corrected chi connectivity index (χ4v) is 2.15. The van der Waals surface area contributed by atoms with Gasteiger partial charge in [-0.15, -0.1) is 0 Å². The van der Waals surface area contributed by atoms with Gasteiger partial charge in [-0.05, 0) is 42.3 Å². The summed E-state index contributed by atoms with van der Waals surface area (Å²) in [5.74, 6) is 1.46. The van der Waals surface area contributed by atoms with Gasteiger partial charge in [0.1, 0.15) is 11.5 Å². The van der Waals surface area contributed by atoms with E-state index in [0.717, 1.165) is 27.8 Å². The van der Waals surface area contributed by atoms with E-state index in [1.165, 1.54) is 0 Å². The van der Waals surface area contributed by atoms with Crippen molar-refractivity contribution < 1.29 is 9.84 Å². The van der Waals surface area contributed by atoms with Crippen molar-refractivity contribution in [3.63, 3.8) is 0 Å². The monoisotopic (exact) mass is 265 g/mol. The Morgan fingerprint density at radius 3 is 2.70 bits per heavy atom. The minimum absolute atomic E-state index is 0.0453. The Bertz CT molecular complexity index is 753. The van der Waals surface area contributed by atoms with Crippen LogP contribution in [0.25, 0.3) is 10.9 Å². The Kier molecular flexibility index (Phi) is 3.35. The van der Waals surface area contributed by atoms with Crippen LogP contribution in [0.3, 0.4) is 0 Å². The molecule has 0 fully saturated rings. The number of hydrogen-bond acceptors (Lipinski definition) is 3.